The van der Waals surface area contributed by atoms with E-state index >= 15 is 0 Å². The highest BCUT2D eigenvalue weighted by Crippen LogP contribution is 2.39. The molecule has 1 aliphatic carbocycles. The molecule has 1 saturated heterocycles. The van der Waals surface area contributed by atoms with Crippen LogP contribution in [0.3, 0.4) is 0 Å². The topological polar surface area (TPSA) is 81.0 Å². The molecule has 32 heavy (non-hydrogen) atoms. The predicted molar refractivity (Wildman–Crippen MR) is 120 cm³/mol. The van der Waals surface area contributed by atoms with Crippen LogP contribution in [0.15, 0.2) is 30.6 Å². The van der Waals surface area contributed by atoms with Crippen LogP contribution in [0, 0.1) is 24.6 Å². The van der Waals surface area contributed by atoms with Crippen LogP contribution < -0.4 is 15.0 Å². The van der Waals surface area contributed by atoms with Crippen LogP contribution in [0.25, 0.3) is 0 Å². The zero-order valence-electron chi connectivity index (χ0n) is 18.0. The van der Waals surface area contributed by atoms with E-state index in [1.807, 2.05) is 19.9 Å². The Kier molecular flexibility index (Phi) is 5.58. The maximum Gasteiger partial charge on any atom is 0.322 e. The van der Waals surface area contributed by atoms with E-state index in [2.05, 4.69) is 30.3 Å². The van der Waals surface area contributed by atoms with E-state index in [0.29, 0.717) is 36.4 Å². The smallest absolute Gasteiger partial charge is 0.322 e. The molecule has 1 saturated carbocycles. The lowest BCUT2D eigenvalue weighted by Crippen LogP contribution is -2.48. The molecule has 1 unspecified atom stereocenters. The summed E-state index contributed by atoms with van der Waals surface area (Å²) in [5, 5.41) is 8.37. The van der Waals surface area contributed by atoms with Crippen molar-refractivity contribution in [1.82, 2.24) is 24.7 Å². The van der Waals surface area contributed by atoms with Crippen LogP contribution in [0.5, 0.6) is 11.8 Å². The number of halogens is 2. The minimum atomic E-state index is -0.462. The highest BCUT2D eigenvalue weighted by Gasteiger charge is 2.43. The van der Waals surface area contributed by atoms with Crippen molar-refractivity contribution in [3.8, 4) is 11.8 Å². The summed E-state index contributed by atoms with van der Waals surface area (Å²) in [5.74, 6) is 2.30. The fourth-order valence-corrected chi connectivity index (χ4v) is 4.98. The van der Waals surface area contributed by atoms with Crippen molar-refractivity contribution >= 4 is 23.4 Å². The molecule has 168 valence electrons. The monoisotopic (exact) mass is 457 g/mol. The third-order valence-corrected chi connectivity index (χ3v) is 6.44. The Balaban J connectivity index is 1.30. The second-order valence-electron chi connectivity index (χ2n) is 8.43. The first-order valence-electron chi connectivity index (χ1n) is 10.9. The van der Waals surface area contributed by atoms with Crippen molar-refractivity contribution < 1.29 is 9.13 Å². The molecule has 0 spiro atoms. The fourth-order valence-electron chi connectivity index (χ4n) is 4.77. The Bertz CT molecular complexity index is 1090. The molecule has 10 heteroatoms. The largest absolute Gasteiger partial charge is 0.424 e. The molecule has 3 atom stereocenters. The molecule has 2 aliphatic rings. The number of aryl methyl sites for hydroxylation is 2. The molecule has 0 radical (unpaired) electrons. The van der Waals surface area contributed by atoms with Crippen molar-refractivity contribution in [2.45, 2.75) is 39.3 Å². The third kappa shape index (κ3) is 4.21. The minimum Gasteiger partial charge on any atom is -0.424 e. The van der Waals surface area contributed by atoms with E-state index in [1.54, 1.807) is 17.1 Å². The van der Waals surface area contributed by atoms with Gasteiger partial charge in [-0.1, -0.05) is 11.6 Å². The number of rotatable bonds is 6. The number of piperidine rings is 1. The average Bonchev–Trinajstić information content (AvgIpc) is 3.22. The lowest BCUT2D eigenvalue weighted by atomic mass is 9.92. The number of aromatic nitrogens is 5. The Hall–Kier alpha value is -2.94. The molecule has 8 nitrogen and oxygen atoms in total. The molecule has 1 aromatic carbocycles. The first-order valence-corrected chi connectivity index (χ1v) is 11.2. The molecule has 1 aliphatic heterocycles. The van der Waals surface area contributed by atoms with Gasteiger partial charge in [0.1, 0.15) is 23.7 Å². The Morgan fingerprint density at radius 2 is 1.94 bits per heavy atom. The second-order valence-corrected chi connectivity index (χ2v) is 8.87. The second kappa shape index (κ2) is 8.54. The van der Waals surface area contributed by atoms with Gasteiger partial charge in [0.15, 0.2) is 0 Å². The van der Waals surface area contributed by atoms with Gasteiger partial charge in [0, 0.05) is 48.5 Å². The zero-order valence-corrected chi connectivity index (χ0v) is 18.8. The molecule has 0 amide bonds. The SMILES string of the molecule is CCn1nc(NC2[C@@H]3CC[C@H]2CN(c2cc(C)ncn2)C3)nc1Oc1cc(F)cc(Cl)c1. The van der Waals surface area contributed by atoms with E-state index in [0.717, 1.165) is 37.4 Å². The van der Waals surface area contributed by atoms with Gasteiger partial charge in [-0.05, 0) is 50.7 Å². The van der Waals surface area contributed by atoms with E-state index in [4.69, 9.17) is 16.3 Å². The average molecular weight is 458 g/mol. The normalized spacial score (nSPS) is 22.2. The van der Waals surface area contributed by atoms with E-state index in [1.165, 1.54) is 12.1 Å². The summed E-state index contributed by atoms with van der Waals surface area (Å²) in [6, 6.07) is 6.70. The van der Waals surface area contributed by atoms with Crippen LogP contribution in [0.4, 0.5) is 16.2 Å². The van der Waals surface area contributed by atoms with E-state index in [-0.39, 0.29) is 10.8 Å². The van der Waals surface area contributed by atoms with Gasteiger partial charge in [-0.25, -0.2) is 19.0 Å². The van der Waals surface area contributed by atoms with Gasteiger partial charge < -0.3 is 15.0 Å². The number of benzene rings is 1. The van der Waals surface area contributed by atoms with Crippen LogP contribution in [-0.4, -0.2) is 43.9 Å². The van der Waals surface area contributed by atoms with Crippen molar-refractivity contribution in [3.05, 3.63) is 47.1 Å². The summed E-state index contributed by atoms with van der Waals surface area (Å²) in [5.41, 5.74) is 0.976. The van der Waals surface area contributed by atoms with Crippen molar-refractivity contribution in [2.75, 3.05) is 23.3 Å². The lowest BCUT2D eigenvalue weighted by molar-refractivity contribution is 0.374. The first-order chi connectivity index (χ1) is 15.5. The van der Waals surface area contributed by atoms with Crippen molar-refractivity contribution in [2.24, 2.45) is 11.8 Å². The number of hydrogen-bond donors (Lipinski definition) is 1. The molecular formula is C22H25ClFN7O. The quantitative estimate of drug-likeness (QED) is 0.590. The molecule has 2 bridgehead atoms. The van der Waals surface area contributed by atoms with Crippen molar-refractivity contribution in [3.63, 3.8) is 0 Å². The number of nitrogens with one attached hydrogen (secondary N) is 1. The molecular weight excluding hydrogens is 433 g/mol. The van der Waals surface area contributed by atoms with Gasteiger partial charge in [0.25, 0.3) is 0 Å². The first kappa shape index (κ1) is 20.9. The third-order valence-electron chi connectivity index (χ3n) is 6.23. The molecule has 2 aromatic heterocycles. The van der Waals surface area contributed by atoms with Crippen LogP contribution >= 0.6 is 11.6 Å². The molecule has 1 N–H and O–H groups in total. The number of anilines is 2. The number of hydrogen-bond acceptors (Lipinski definition) is 7. The highest BCUT2D eigenvalue weighted by molar-refractivity contribution is 6.30. The molecule has 3 heterocycles. The summed E-state index contributed by atoms with van der Waals surface area (Å²) in [6.45, 7) is 6.39. The van der Waals surface area contributed by atoms with Gasteiger partial charge in [-0.15, -0.1) is 5.10 Å². The predicted octanol–water partition coefficient (Wildman–Crippen LogP) is 4.31. The van der Waals surface area contributed by atoms with Crippen LogP contribution in [0.1, 0.15) is 25.5 Å². The van der Waals surface area contributed by atoms with Gasteiger partial charge in [-0.3, -0.25) is 0 Å². The van der Waals surface area contributed by atoms with E-state index in [9.17, 15) is 4.39 Å². The van der Waals surface area contributed by atoms with Crippen molar-refractivity contribution in [1.29, 1.82) is 0 Å². The standard InChI is InChI=1S/C22H25ClFN7O/c1-3-31-22(32-18-8-16(23)7-17(24)9-18)28-21(29-31)27-20-14-4-5-15(20)11-30(10-14)19-6-13(2)25-12-26-19/h6-9,12,14-15,20H,3-5,10-11H2,1-2H3,(H,27,29)/t14-,15+,20?. The summed E-state index contributed by atoms with van der Waals surface area (Å²) in [7, 11) is 0. The Morgan fingerprint density at radius 1 is 1.16 bits per heavy atom. The number of fused-ring (bicyclic) bond motifs is 2. The summed E-state index contributed by atoms with van der Waals surface area (Å²) < 4.78 is 21.1. The summed E-state index contributed by atoms with van der Waals surface area (Å²) >= 11 is 5.94. The van der Waals surface area contributed by atoms with Gasteiger partial charge in [0.2, 0.25) is 5.95 Å². The van der Waals surface area contributed by atoms with Gasteiger partial charge in [-0.2, -0.15) is 4.98 Å². The maximum atomic E-state index is 13.7. The highest BCUT2D eigenvalue weighted by atomic mass is 35.5. The van der Waals surface area contributed by atoms with Crippen LogP contribution in [0.2, 0.25) is 5.02 Å². The molecule has 2 fully saturated rings. The summed E-state index contributed by atoms with van der Waals surface area (Å²) in [4.78, 5) is 15.6. The van der Waals surface area contributed by atoms with Crippen LogP contribution in [-0.2, 0) is 6.54 Å². The minimum absolute atomic E-state index is 0.267. The Labute approximate surface area is 190 Å². The zero-order chi connectivity index (χ0) is 22.2. The Morgan fingerprint density at radius 3 is 2.62 bits per heavy atom. The van der Waals surface area contributed by atoms with E-state index < -0.39 is 5.82 Å². The maximum absolute atomic E-state index is 13.7. The fraction of sp³-hybridized carbons (Fsp3) is 0.455. The summed E-state index contributed by atoms with van der Waals surface area (Å²) in [6.07, 6.45) is 3.94. The van der Waals surface area contributed by atoms with Gasteiger partial charge >= 0.3 is 6.01 Å². The molecule has 3 aromatic rings. The molecule has 5 rings (SSSR count). The van der Waals surface area contributed by atoms with Gasteiger partial charge in [0.05, 0.1) is 0 Å². The number of ether oxygens (including phenoxy) is 1. The number of nitrogens with zero attached hydrogens (tertiary/aromatic N) is 6. The lowest BCUT2D eigenvalue weighted by Gasteiger charge is -2.38.